The standard InChI is InChI=1S/C16H27N3O/c1-3-14-17-16(7-8-16)15(20)19(14)13-9-11-5-4-6-12(10-13)18(11)2/h11-14,17H,3-10H2,1-2H3. The number of piperidine rings is 2. The maximum Gasteiger partial charge on any atom is 0.244 e. The van der Waals surface area contributed by atoms with Gasteiger partial charge in [-0.2, -0.15) is 0 Å². The van der Waals surface area contributed by atoms with Gasteiger partial charge in [-0.1, -0.05) is 13.3 Å². The zero-order chi connectivity index (χ0) is 13.9. The molecule has 0 radical (unpaired) electrons. The van der Waals surface area contributed by atoms with Crippen molar-refractivity contribution in [2.75, 3.05) is 7.05 Å². The Kier molecular flexibility index (Phi) is 2.90. The molecule has 1 spiro atoms. The summed E-state index contributed by atoms with van der Waals surface area (Å²) in [5.41, 5.74) is -0.140. The number of nitrogens with one attached hydrogen (secondary N) is 1. The van der Waals surface area contributed by atoms with Crippen LogP contribution < -0.4 is 5.32 Å². The molecule has 20 heavy (non-hydrogen) atoms. The maximum absolute atomic E-state index is 12.8. The van der Waals surface area contributed by atoms with E-state index in [1.54, 1.807) is 0 Å². The predicted octanol–water partition coefficient (Wildman–Crippen LogP) is 1.70. The number of hydrogen-bond donors (Lipinski definition) is 1. The highest BCUT2D eigenvalue weighted by molar-refractivity contribution is 5.92. The van der Waals surface area contributed by atoms with Gasteiger partial charge in [0.2, 0.25) is 5.91 Å². The molecule has 0 aromatic rings. The van der Waals surface area contributed by atoms with Crippen LogP contribution in [0.3, 0.4) is 0 Å². The number of hydrogen-bond acceptors (Lipinski definition) is 3. The predicted molar refractivity (Wildman–Crippen MR) is 78.2 cm³/mol. The molecule has 1 saturated carbocycles. The average molecular weight is 277 g/mol. The van der Waals surface area contributed by atoms with Crippen molar-refractivity contribution in [2.45, 2.75) is 88.1 Å². The van der Waals surface area contributed by atoms with E-state index in [2.05, 4.69) is 29.1 Å². The summed E-state index contributed by atoms with van der Waals surface area (Å²) >= 11 is 0. The number of rotatable bonds is 2. The number of fused-ring (bicyclic) bond motifs is 2. The molecule has 1 amide bonds. The monoisotopic (exact) mass is 277 g/mol. The van der Waals surface area contributed by atoms with Gasteiger partial charge < -0.3 is 9.80 Å². The molecule has 3 unspecified atom stereocenters. The summed E-state index contributed by atoms with van der Waals surface area (Å²) < 4.78 is 0. The lowest BCUT2D eigenvalue weighted by atomic mass is 9.81. The van der Waals surface area contributed by atoms with Crippen LogP contribution in [0.5, 0.6) is 0 Å². The molecule has 0 aromatic heterocycles. The van der Waals surface area contributed by atoms with Crippen LogP contribution in [-0.4, -0.2) is 52.6 Å². The Morgan fingerprint density at radius 1 is 1.20 bits per heavy atom. The van der Waals surface area contributed by atoms with E-state index in [1.165, 1.54) is 32.1 Å². The van der Waals surface area contributed by atoms with Crippen molar-refractivity contribution < 1.29 is 4.79 Å². The smallest absolute Gasteiger partial charge is 0.244 e. The topological polar surface area (TPSA) is 35.6 Å². The fourth-order valence-corrected chi connectivity index (χ4v) is 4.86. The molecule has 3 aliphatic heterocycles. The van der Waals surface area contributed by atoms with Crippen LogP contribution in [0, 0.1) is 0 Å². The molecule has 0 aromatic carbocycles. The highest BCUT2D eigenvalue weighted by atomic mass is 16.2. The lowest BCUT2D eigenvalue weighted by Gasteiger charge is -2.49. The third-order valence-electron chi connectivity index (χ3n) is 6.27. The van der Waals surface area contributed by atoms with Crippen LogP contribution in [0.2, 0.25) is 0 Å². The Morgan fingerprint density at radius 3 is 2.40 bits per heavy atom. The third-order valence-corrected chi connectivity index (χ3v) is 6.27. The molecule has 4 nitrogen and oxygen atoms in total. The van der Waals surface area contributed by atoms with Crippen LogP contribution in [0.4, 0.5) is 0 Å². The molecule has 2 bridgehead atoms. The van der Waals surface area contributed by atoms with Gasteiger partial charge in [0, 0.05) is 18.1 Å². The first kappa shape index (κ1) is 13.1. The van der Waals surface area contributed by atoms with Crippen molar-refractivity contribution in [3.05, 3.63) is 0 Å². The van der Waals surface area contributed by atoms with Crippen molar-refractivity contribution in [1.29, 1.82) is 0 Å². The molecule has 4 fully saturated rings. The van der Waals surface area contributed by atoms with Gasteiger partial charge in [-0.25, -0.2) is 0 Å². The molecular formula is C16H27N3O. The summed E-state index contributed by atoms with van der Waals surface area (Å²) in [4.78, 5) is 17.6. The van der Waals surface area contributed by atoms with E-state index >= 15 is 0 Å². The third kappa shape index (κ3) is 1.77. The second-order valence-electron chi connectivity index (χ2n) is 7.39. The molecule has 3 saturated heterocycles. The zero-order valence-corrected chi connectivity index (χ0v) is 12.8. The molecule has 3 atom stereocenters. The Balaban J connectivity index is 1.56. The highest BCUT2D eigenvalue weighted by Crippen LogP contribution is 2.45. The summed E-state index contributed by atoms with van der Waals surface area (Å²) in [5.74, 6) is 0.414. The first-order chi connectivity index (χ1) is 9.64. The quantitative estimate of drug-likeness (QED) is 0.834. The van der Waals surface area contributed by atoms with Crippen molar-refractivity contribution in [3.8, 4) is 0 Å². The molecule has 4 rings (SSSR count). The number of carbonyl (C=O) groups is 1. The molecule has 4 aliphatic rings. The van der Waals surface area contributed by atoms with Crippen LogP contribution in [0.15, 0.2) is 0 Å². The van der Waals surface area contributed by atoms with Crippen LogP contribution in [0.25, 0.3) is 0 Å². The first-order valence-corrected chi connectivity index (χ1v) is 8.47. The lowest BCUT2D eigenvalue weighted by Crippen LogP contribution is -2.57. The van der Waals surface area contributed by atoms with Crippen molar-refractivity contribution in [3.63, 3.8) is 0 Å². The fraction of sp³-hybridized carbons (Fsp3) is 0.938. The van der Waals surface area contributed by atoms with Crippen molar-refractivity contribution in [1.82, 2.24) is 15.1 Å². The first-order valence-electron chi connectivity index (χ1n) is 8.47. The van der Waals surface area contributed by atoms with Gasteiger partial charge in [-0.15, -0.1) is 0 Å². The minimum absolute atomic E-state index is 0.140. The maximum atomic E-state index is 12.8. The normalized spacial score (nSPS) is 43.3. The van der Waals surface area contributed by atoms with Crippen LogP contribution >= 0.6 is 0 Å². The van der Waals surface area contributed by atoms with Gasteiger partial charge in [-0.3, -0.25) is 10.1 Å². The van der Waals surface area contributed by atoms with Crippen molar-refractivity contribution >= 4 is 5.91 Å². The molecule has 3 heterocycles. The van der Waals surface area contributed by atoms with E-state index in [-0.39, 0.29) is 5.54 Å². The minimum atomic E-state index is -0.140. The van der Waals surface area contributed by atoms with Gasteiger partial charge in [0.1, 0.15) is 0 Å². The minimum Gasteiger partial charge on any atom is -0.322 e. The highest BCUT2D eigenvalue weighted by Gasteiger charge is 2.60. The summed E-state index contributed by atoms with van der Waals surface area (Å²) in [6, 6.07) is 1.88. The van der Waals surface area contributed by atoms with Gasteiger partial charge in [-0.05, 0) is 52.0 Å². The number of carbonyl (C=O) groups excluding carboxylic acids is 1. The summed E-state index contributed by atoms with van der Waals surface area (Å²) in [6.07, 6.45) is 9.83. The Bertz CT molecular complexity index is 406. The summed E-state index contributed by atoms with van der Waals surface area (Å²) in [6.45, 7) is 2.20. The molecule has 1 N–H and O–H groups in total. The van der Waals surface area contributed by atoms with Gasteiger partial charge >= 0.3 is 0 Å². The van der Waals surface area contributed by atoms with E-state index in [0.29, 0.717) is 30.2 Å². The molecular weight excluding hydrogens is 250 g/mol. The second-order valence-corrected chi connectivity index (χ2v) is 7.39. The zero-order valence-electron chi connectivity index (χ0n) is 12.8. The average Bonchev–Trinajstić information content (AvgIpc) is 3.13. The number of amides is 1. The van der Waals surface area contributed by atoms with E-state index < -0.39 is 0 Å². The van der Waals surface area contributed by atoms with E-state index in [0.717, 1.165) is 19.3 Å². The van der Waals surface area contributed by atoms with E-state index in [4.69, 9.17) is 0 Å². The Hall–Kier alpha value is -0.610. The summed E-state index contributed by atoms with van der Waals surface area (Å²) in [7, 11) is 2.29. The summed E-state index contributed by atoms with van der Waals surface area (Å²) in [5, 5.41) is 3.63. The van der Waals surface area contributed by atoms with Crippen molar-refractivity contribution in [2.24, 2.45) is 0 Å². The SMILES string of the molecule is CCC1NC2(CC2)C(=O)N1C1CC2CCCC(C1)N2C. The van der Waals surface area contributed by atoms with Crippen LogP contribution in [-0.2, 0) is 4.79 Å². The van der Waals surface area contributed by atoms with Crippen LogP contribution in [0.1, 0.15) is 58.3 Å². The van der Waals surface area contributed by atoms with Gasteiger partial charge in [0.05, 0.1) is 11.7 Å². The van der Waals surface area contributed by atoms with E-state index in [9.17, 15) is 4.79 Å². The number of nitrogens with zero attached hydrogens (tertiary/aromatic N) is 2. The largest absolute Gasteiger partial charge is 0.322 e. The Labute approximate surface area is 121 Å². The lowest BCUT2D eigenvalue weighted by molar-refractivity contribution is -0.135. The molecule has 4 heteroatoms. The van der Waals surface area contributed by atoms with E-state index in [1.807, 2.05) is 0 Å². The fourth-order valence-electron chi connectivity index (χ4n) is 4.86. The Morgan fingerprint density at radius 2 is 1.85 bits per heavy atom. The molecule has 1 aliphatic carbocycles. The van der Waals surface area contributed by atoms with Gasteiger partial charge in [0.15, 0.2) is 0 Å². The molecule has 112 valence electrons. The van der Waals surface area contributed by atoms with Gasteiger partial charge in [0.25, 0.3) is 0 Å². The second kappa shape index (κ2) is 4.44.